The molecule has 0 bridgehead atoms. The predicted octanol–water partition coefficient (Wildman–Crippen LogP) is 3.03. The lowest BCUT2D eigenvalue weighted by atomic mass is 10.1. The Morgan fingerprint density at radius 2 is 1.93 bits per heavy atom. The number of nitrogens with zero attached hydrogens (tertiary/aromatic N) is 3. The molecule has 0 saturated carbocycles. The van der Waals surface area contributed by atoms with E-state index in [4.69, 9.17) is 17.3 Å². The third kappa shape index (κ3) is 3.80. The van der Waals surface area contributed by atoms with Crippen molar-refractivity contribution in [1.29, 1.82) is 0 Å². The summed E-state index contributed by atoms with van der Waals surface area (Å²) < 4.78 is 14.0. The van der Waals surface area contributed by atoms with Crippen LogP contribution in [0.1, 0.15) is 32.1 Å². The van der Waals surface area contributed by atoms with Crippen molar-refractivity contribution in [1.82, 2.24) is 15.0 Å². The smallest absolute Gasteiger partial charge is 0.278 e. The Morgan fingerprint density at radius 3 is 2.59 bits per heavy atom. The number of hydrogen-bond acceptors (Lipinski definition) is 4. The van der Waals surface area contributed by atoms with Crippen LogP contribution in [0.15, 0.2) is 36.4 Å². The monoisotopic (exact) mass is 387 g/mol. The molecular weight excluding hydrogens is 373 g/mol. The third-order valence-electron chi connectivity index (χ3n) is 3.91. The minimum absolute atomic E-state index is 0.0484. The zero-order valence-corrected chi connectivity index (χ0v) is 15.2. The molecule has 0 aliphatic rings. The average molecular weight is 388 g/mol. The number of hydrogen-bond donors (Lipinski definition) is 2. The van der Waals surface area contributed by atoms with Crippen LogP contribution in [0.3, 0.4) is 0 Å². The van der Waals surface area contributed by atoms with Crippen LogP contribution < -0.4 is 11.1 Å². The van der Waals surface area contributed by atoms with E-state index < -0.39 is 17.6 Å². The van der Waals surface area contributed by atoms with E-state index in [-0.39, 0.29) is 22.5 Å². The van der Waals surface area contributed by atoms with Crippen LogP contribution in [-0.4, -0.2) is 26.8 Å². The summed E-state index contributed by atoms with van der Waals surface area (Å²) in [5, 5.41) is 11.4. The molecule has 0 atom stereocenters. The number of halogens is 2. The Morgan fingerprint density at radius 1 is 1.19 bits per heavy atom. The first kappa shape index (κ1) is 18.5. The number of primary amides is 1. The minimum atomic E-state index is -0.799. The first-order chi connectivity index (χ1) is 12.8. The van der Waals surface area contributed by atoms with Crippen molar-refractivity contribution in [2.75, 3.05) is 5.32 Å². The van der Waals surface area contributed by atoms with Gasteiger partial charge in [-0.1, -0.05) is 17.7 Å². The molecule has 0 radical (unpaired) electrons. The van der Waals surface area contributed by atoms with E-state index in [1.54, 1.807) is 31.2 Å². The molecule has 2 aromatic carbocycles. The van der Waals surface area contributed by atoms with E-state index in [0.29, 0.717) is 16.4 Å². The van der Waals surface area contributed by atoms with Gasteiger partial charge in [0.25, 0.3) is 5.91 Å². The molecule has 0 aliphatic carbocycles. The molecule has 0 fully saturated rings. The summed E-state index contributed by atoms with van der Waals surface area (Å²) in [4.78, 5) is 25.2. The summed E-state index contributed by atoms with van der Waals surface area (Å²) >= 11 is 5.96. The van der Waals surface area contributed by atoms with Gasteiger partial charge < -0.3 is 11.1 Å². The third-order valence-corrected chi connectivity index (χ3v) is 4.15. The lowest BCUT2D eigenvalue weighted by Crippen LogP contribution is -2.17. The fraction of sp³-hybridized carbons (Fsp3) is 0.111. The number of nitrogens with two attached hydrogens (primary N) is 1. The standard InChI is InChI=1S/C18H15ClFN5O2/c1-9-14(20)6-11(17(21)26)7-15(9)22-18(27)16-10(2)23-25(24-16)13-5-3-4-12(19)8-13/h3-8H,1-2H3,(H2,21,26)(H,22,27). The van der Waals surface area contributed by atoms with E-state index >= 15 is 0 Å². The van der Waals surface area contributed by atoms with Crippen LogP contribution in [0.4, 0.5) is 10.1 Å². The minimum Gasteiger partial charge on any atom is -0.366 e. The molecule has 3 rings (SSSR count). The Bertz CT molecular complexity index is 1060. The summed E-state index contributed by atoms with van der Waals surface area (Å²) in [7, 11) is 0. The number of carbonyl (C=O) groups is 2. The average Bonchev–Trinajstić information content (AvgIpc) is 3.00. The van der Waals surface area contributed by atoms with Crippen LogP contribution in [0.25, 0.3) is 5.69 Å². The molecule has 27 heavy (non-hydrogen) atoms. The number of anilines is 1. The van der Waals surface area contributed by atoms with Crippen molar-refractivity contribution < 1.29 is 14.0 Å². The van der Waals surface area contributed by atoms with Gasteiger partial charge in [-0.15, -0.1) is 5.10 Å². The quantitative estimate of drug-likeness (QED) is 0.718. The van der Waals surface area contributed by atoms with Crippen LogP contribution in [0.5, 0.6) is 0 Å². The Labute approximate surface area is 158 Å². The number of aryl methyl sites for hydroxylation is 1. The maximum Gasteiger partial charge on any atom is 0.278 e. The Balaban J connectivity index is 1.93. The molecule has 9 heteroatoms. The zero-order chi connectivity index (χ0) is 19.7. The van der Waals surface area contributed by atoms with Gasteiger partial charge in [0.05, 0.1) is 11.4 Å². The van der Waals surface area contributed by atoms with Crippen LogP contribution in [-0.2, 0) is 0 Å². The van der Waals surface area contributed by atoms with Crippen molar-refractivity contribution in [2.45, 2.75) is 13.8 Å². The lowest BCUT2D eigenvalue weighted by molar-refractivity contribution is 0.0995. The molecule has 1 aromatic heterocycles. The first-order valence-corrected chi connectivity index (χ1v) is 8.25. The summed E-state index contributed by atoms with van der Waals surface area (Å²) in [6.45, 7) is 3.10. The van der Waals surface area contributed by atoms with Crippen molar-refractivity contribution >= 4 is 29.1 Å². The number of carbonyl (C=O) groups excluding carboxylic acids is 2. The van der Waals surface area contributed by atoms with Gasteiger partial charge in [-0.3, -0.25) is 9.59 Å². The highest BCUT2D eigenvalue weighted by Gasteiger charge is 2.19. The Hall–Kier alpha value is -3.26. The van der Waals surface area contributed by atoms with Gasteiger partial charge in [-0.2, -0.15) is 9.90 Å². The van der Waals surface area contributed by atoms with Crippen molar-refractivity contribution in [3.8, 4) is 5.69 Å². The van der Waals surface area contributed by atoms with E-state index in [1.807, 2.05) is 0 Å². The number of aromatic nitrogens is 3. The van der Waals surface area contributed by atoms with Crippen LogP contribution in [0.2, 0.25) is 5.02 Å². The molecule has 7 nitrogen and oxygen atoms in total. The van der Waals surface area contributed by atoms with Gasteiger partial charge in [0, 0.05) is 21.8 Å². The fourth-order valence-corrected chi connectivity index (χ4v) is 2.62. The predicted molar refractivity (Wildman–Crippen MR) is 98.7 cm³/mol. The van der Waals surface area contributed by atoms with E-state index in [2.05, 4.69) is 15.5 Å². The summed E-state index contributed by atoms with van der Waals surface area (Å²) in [5.41, 5.74) is 6.46. The van der Waals surface area contributed by atoms with Gasteiger partial charge in [-0.25, -0.2) is 4.39 Å². The normalized spacial score (nSPS) is 10.7. The topological polar surface area (TPSA) is 103 Å². The largest absolute Gasteiger partial charge is 0.366 e. The highest BCUT2D eigenvalue weighted by molar-refractivity contribution is 6.30. The summed E-state index contributed by atoms with van der Waals surface area (Å²) in [6, 6.07) is 9.17. The van der Waals surface area contributed by atoms with Gasteiger partial charge in [0.15, 0.2) is 5.69 Å². The highest BCUT2D eigenvalue weighted by atomic mass is 35.5. The number of rotatable bonds is 4. The van der Waals surface area contributed by atoms with Gasteiger partial charge in [0.1, 0.15) is 5.82 Å². The van der Waals surface area contributed by atoms with Crippen LogP contribution >= 0.6 is 11.6 Å². The molecule has 0 unspecified atom stereocenters. The number of amides is 2. The molecule has 3 N–H and O–H groups in total. The van der Waals surface area contributed by atoms with Crippen molar-refractivity contribution in [2.24, 2.45) is 5.73 Å². The molecule has 0 saturated heterocycles. The molecule has 138 valence electrons. The summed E-state index contributed by atoms with van der Waals surface area (Å²) in [5.74, 6) is -2.04. The number of nitrogens with one attached hydrogen (secondary N) is 1. The second-order valence-corrected chi connectivity index (χ2v) is 6.29. The van der Waals surface area contributed by atoms with Gasteiger partial charge in [-0.05, 0) is 44.2 Å². The first-order valence-electron chi connectivity index (χ1n) is 7.87. The lowest BCUT2D eigenvalue weighted by Gasteiger charge is -2.10. The van der Waals surface area contributed by atoms with Gasteiger partial charge >= 0.3 is 0 Å². The van der Waals surface area contributed by atoms with Crippen LogP contribution in [0, 0.1) is 19.7 Å². The van der Waals surface area contributed by atoms with E-state index in [1.165, 1.54) is 17.8 Å². The Kier molecular flexibility index (Phi) is 4.91. The molecule has 0 aliphatic heterocycles. The fourth-order valence-electron chi connectivity index (χ4n) is 2.44. The zero-order valence-electron chi connectivity index (χ0n) is 14.5. The van der Waals surface area contributed by atoms with Crippen molar-refractivity contribution in [3.05, 3.63) is 69.8 Å². The molecular formula is C18H15ClFN5O2. The second kappa shape index (κ2) is 7.16. The second-order valence-electron chi connectivity index (χ2n) is 5.85. The SMILES string of the molecule is Cc1nn(-c2cccc(Cl)c2)nc1C(=O)Nc1cc(C(N)=O)cc(F)c1C. The molecule has 3 aromatic rings. The molecule has 2 amide bonds. The van der Waals surface area contributed by atoms with E-state index in [9.17, 15) is 14.0 Å². The molecule has 0 spiro atoms. The highest BCUT2D eigenvalue weighted by Crippen LogP contribution is 2.22. The van der Waals surface area contributed by atoms with E-state index in [0.717, 1.165) is 6.07 Å². The molecule has 1 heterocycles. The maximum absolute atomic E-state index is 14.0. The van der Waals surface area contributed by atoms with Gasteiger partial charge in [0.2, 0.25) is 5.91 Å². The van der Waals surface area contributed by atoms with Crippen molar-refractivity contribution in [3.63, 3.8) is 0 Å². The summed E-state index contributed by atoms with van der Waals surface area (Å²) in [6.07, 6.45) is 0. The maximum atomic E-state index is 14.0. The number of benzene rings is 2.